The van der Waals surface area contributed by atoms with E-state index in [-0.39, 0.29) is 6.04 Å². The number of anilines is 1. The first kappa shape index (κ1) is 11.3. The molecule has 14 heavy (non-hydrogen) atoms. The molecule has 0 fully saturated rings. The van der Waals surface area contributed by atoms with Crippen molar-refractivity contribution in [2.45, 2.75) is 19.9 Å². The number of hydrogen-bond donors (Lipinski definition) is 1. The Morgan fingerprint density at radius 1 is 1.50 bits per heavy atom. The fourth-order valence-corrected chi connectivity index (χ4v) is 1.62. The van der Waals surface area contributed by atoms with Gasteiger partial charge in [0.05, 0.1) is 10.7 Å². The van der Waals surface area contributed by atoms with Crippen LogP contribution in [-0.4, -0.2) is 13.6 Å². The third-order valence-corrected chi connectivity index (χ3v) is 2.69. The molecule has 78 valence electrons. The zero-order valence-corrected chi connectivity index (χ0v) is 9.67. The maximum Gasteiger partial charge on any atom is 0.0642 e. The van der Waals surface area contributed by atoms with E-state index in [0.29, 0.717) is 0 Å². The van der Waals surface area contributed by atoms with Gasteiger partial charge in [0, 0.05) is 19.6 Å². The molecular weight excluding hydrogens is 196 g/mol. The van der Waals surface area contributed by atoms with Crippen molar-refractivity contribution < 1.29 is 0 Å². The molecule has 0 saturated carbocycles. The molecule has 0 unspecified atom stereocenters. The molecule has 0 saturated heterocycles. The van der Waals surface area contributed by atoms with Crippen LogP contribution in [0.25, 0.3) is 0 Å². The molecule has 0 amide bonds. The van der Waals surface area contributed by atoms with Crippen LogP contribution in [0.15, 0.2) is 18.2 Å². The molecule has 0 aliphatic rings. The topological polar surface area (TPSA) is 29.3 Å². The lowest BCUT2D eigenvalue weighted by Gasteiger charge is -2.19. The SMILES string of the molecule is CCN(C)c1ccc([C@@H](C)N)cc1Cl. The molecule has 3 heteroatoms. The third kappa shape index (κ3) is 2.40. The Labute approximate surface area is 90.7 Å². The van der Waals surface area contributed by atoms with E-state index in [0.717, 1.165) is 22.8 Å². The van der Waals surface area contributed by atoms with Crippen LogP contribution in [0.3, 0.4) is 0 Å². The van der Waals surface area contributed by atoms with Crippen LogP contribution >= 0.6 is 11.6 Å². The van der Waals surface area contributed by atoms with Gasteiger partial charge in [0.15, 0.2) is 0 Å². The highest BCUT2D eigenvalue weighted by Gasteiger charge is 2.06. The van der Waals surface area contributed by atoms with Crippen molar-refractivity contribution in [3.05, 3.63) is 28.8 Å². The standard InChI is InChI=1S/C11H17ClN2/c1-4-14(3)11-6-5-9(8(2)13)7-10(11)12/h5-8H,4,13H2,1-3H3/t8-/m1/s1. The van der Waals surface area contributed by atoms with Crippen LogP contribution in [0, 0.1) is 0 Å². The van der Waals surface area contributed by atoms with Crippen LogP contribution < -0.4 is 10.6 Å². The highest BCUT2D eigenvalue weighted by atomic mass is 35.5. The van der Waals surface area contributed by atoms with Gasteiger partial charge in [0.1, 0.15) is 0 Å². The lowest BCUT2D eigenvalue weighted by Crippen LogP contribution is -2.16. The number of nitrogens with zero attached hydrogens (tertiary/aromatic N) is 1. The number of benzene rings is 1. The maximum absolute atomic E-state index is 6.15. The smallest absolute Gasteiger partial charge is 0.0642 e. The van der Waals surface area contributed by atoms with Crippen molar-refractivity contribution in [1.29, 1.82) is 0 Å². The quantitative estimate of drug-likeness (QED) is 0.835. The van der Waals surface area contributed by atoms with Gasteiger partial charge in [0.2, 0.25) is 0 Å². The van der Waals surface area contributed by atoms with Gasteiger partial charge in [-0.3, -0.25) is 0 Å². The first-order valence-electron chi connectivity index (χ1n) is 4.82. The summed E-state index contributed by atoms with van der Waals surface area (Å²) >= 11 is 6.15. The number of hydrogen-bond acceptors (Lipinski definition) is 2. The highest BCUT2D eigenvalue weighted by Crippen LogP contribution is 2.27. The number of halogens is 1. The molecule has 0 radical (unpaired) electrons. The highest BCUT2D eigenvalue weighted by molar-refractivity contribution is 6.33. The second-order valence-electron chi connectivity index (χ2n) is 3.51. The van der Waals surface area contributed by atoms with Crippen LogP contribution in [0.1, 0.15) is 25.5 Å². The van der Waals surface area contributed by atoms with E-state index in [1.807, 2.05) is 32.2 Å². The van der Waals surface area contributed by atoms with Gasteiger partial charge in [-0.1, -0.05) is 17.7 Å². The molecule has 0 aromatic heterocycles. The van der Waals surface area contributed by atoms with Crippen LogP contribution in [0.5, 0.6) is 0 Å². The zero-order chi connectivity index (χ0) is 10.7. The van der Waals surface area contributed by atoms with Gasteiger partial charge in [-0.2, -0.15) is 0 Å². The lowest BCUT2D eigenvalue weighted by atomic mass is 10.1. The van der Waals surface area contributed by atoms with Crippen molar-refractivity contribution >= 4 is 17.3 Å². The van der Waals surface area contributed by atoms with E-state index in [4.69, 9.17) is 17.3 Å². The molecule has 1 rings (SSSR count). The molecule has 1 atom stereocenters. The Morgan fingerprint density at radius 2 is 2.14 bits per heavy atom. The summed E-state index contributed by atoms with van der Waals surface area (Å²) in [7, 11) is 2.02. The minimum absolute atomic E-state index is 0.0356. The Kier molecular flexibility index (Phi) is 3.78. The van der Waals surface area contributed by atoms with E-state index >= 15 is 0 Å². The zero-order valence-electron chi connectivity index (χ0n) is 8.92. The number of rotatable bonds is 3. The summed E-state index contributed by atoms with van der Waals surface area (Å²) in [5, 5.41) is 0.768. The van der Waals surface area contributed by atoms with E-state index in [1.54, 1.807) is 0 Å². The van der Waals surface area contributed by atoms with Crippen molar-refractivity contribution in [2.75, 3.05) is 18.5 Å². The normalized spacial score (nSPS) is 12.6. The first-order chi connectivity index (χ1) is 6.56. The summed E-state index contributed by atoms with van der Waals surface area (Å²) < 4.78 is 0. The summed E-state index contributed by atoms with van der Waals surface area (Å²) in [6.07, 6.45) is 0. The predicted octanol–water partition coefficient (Wildman–Crippen LogP) is 2.82. The van der Waals surface area contributed by atoms with Crippen LogP contribution in [0.2, 0.25) is 5.02 Å². The first-order valence-corrected chi connectivity index (χ1v) is 5.20. The summed E-state index contributed by atoms with van der Waals surface area (Å²) in [6, 6.07) is 6.02. The fraction of sp³-hybridized carbons (Fsp3) is 0.455. The molecule has 0 aliphatic carbocycles. The molecule has 0 spiro atoms. The van der Waals surface area contributed by atoms with E-state index < -0.39 is 0 Å². The molecule has 1 aromatic carbocycles. The van der Waals surface area contributed by atoms with Gasteiger partial charge >= 0.3 is 0 Å². The van der Waals surface area contributed by atoms with Gasteiger partial charge in [-0.25, -0.2) is 0 Å². The maximum atomic E-state index is 6.15. The average molecular weight is 213 g/mol. The lowest BCUT2D eigenvalue weighted by molar-refractivity contribution is 0.817. The van der Waals surface area contributed by atoms with E-state index in [1.165, 1.54) is 0 Å². The molecule has 2 nitrogen and oxygen atoms in total. The van der Waals surface area contributed by atoms with Gasteiger partial charge in [-0.05, 0) is 31.5 Å². The Balaban J connectivity index is 3.01. The molecular formula is C11H17ClN2. The van der Waals surface area contributed by atoms with Gasteiger partial charge in [-0.15, -0.1) is 0 Å². The minimum Gasteiger partial charge on any atom is -0.374 e. The fourth-order valence-electron chi connectivity index (χ4n) is 1.29. The Hall–Kier alpha value is -0.730. The second-order valence-corrected chi connectivity index (χ2v) is 3.92. The van der Waals surface area contributed by atoms with Crippen molar-refractivity contribution in [3.63, 3.8) is 0 Å². The summed E-state index contributed by atoms with van der Waals surface area (Å²) in [6.45, 7) is 4.99. The molecule has 1 aromatic rings. The van der Waals surface area contributed by atoms with E-state index in [2.05, 4.69) is 11.8 Å². The Bertz CT molecular complexity index is 310. The summed E-state index contributed by atoms with van der Waals surface area (Å²) in [4.78, 5) is 2.10. The van der Waals surface area contributed by atoms with Crippen molar-refractivity contribution in [3.8, 4) is 0 Å². The third-order valence-electron chi connectivity index (χ3n) is 2.38. The number of nitrogens with two attached hydrogens (primary N) is 1. The molecule has 0 heterocycles. The predicted molar refractivity (Wildman–Crippen MR) is 63.0 cm³/mol. The second kappa shape index (κ2) is 4.67. The summed E-state index contributed by atoms with van der Waals surface area (Å²) in [5.74, 6) is 0. The van der Waals surface area contributed by atoms with Gasteiger partial charge < -0.3 is 10.6 Å². The van der Waals surface area contributed by atoms with Crippen molar-refractivity contribution in [2.24, 2.45) is 5.73 Å². The monoisotopic (exact) mass is 212 g/mol. The largest absolute Gasteiger partial charge is 0.374 e. The molecule has 2 N–H and O–H groups in total. The van der Waals surface area contributed by atoms with Gasteiger partial charge in [0.25, 0.3) is 0 Å². The Morgan fingerprint density at radius 3 is 2.57 bits per heavy atom. The van der Waals surface area contributed by atoms with E-state index in [9.17, 15) is 0 Å². The van der Waals surface area contributed by atoms with Crippen LogP contribution in [-0.2, 0) is 0 Å². The van der Waals surface area contributed by atoms with Crippen molar-refractivity contribution in [1.82, 2.24) is 0 Å². The molecule has 0 aliphatic heterocycles. The average Bonchev–Trinajstić information content (AvgIpc) is 2.16. The summed E-state index contributed by atoms with van der Waals surface area (Å²) in [5.41, 5.74) is 7.90. The minimum atomic E-state index is 0.0356. The molecule has 0 bridgehead atoms. The van der Waals surface area contributed by atoms with Crippen LogP contribution in [0.4, 0.5) is 5.69 Å².